The van der Waals surface area contributed by atoms with Crippen molar-refractivity contribution < 1.29 is 9.52 Å². The summed E-state index contributed by atoms with van der Waals surface area (Å²) in [6, 6.07) is 15.0. The van der Waals surface area contributed by atoms with Crippen molar-refractivity contribution in [2.24, 2.45) is 0 Å². The standard InChI is InChI=1S/C21H19Cl2NO2/c22-16-2-5-19(20(23)12-16)21-6-4-18(26-21)13-24-9-7-14-1-3-17(25)11-15(14)8-10-24/h1-6,11-12,25H,7-10,13H2. The molecule has 3 aromatic rings. The molecule has 5 heteroatoms. The van der Waals surface area contributed by atoms with Crippen molar-refractivity contribution in [2.75, 3.05) is 13.1 Å². The van der Waals surface area contributed by atoms with E-state index in [0.29, 0.717) is 15.8 Å². The molecule has 0 atom stereocenters. The molecule has 26 heavy (non-hydrogen) atoms. The van der Waals surface area contributed by atoms with E-state index in [4.69, 9.17) is 27.6 Å². The number of benzene rings is 2. The number of hydrogen-bond donors (Lipinski definition) is 1. The molecular weight excluding hydrogens is 369 g/mol. The summed E-state index contributed by atoms with van der Waals surface area (Å²) >= 11 is 12.2. The van der Waals surface area contributed by atoms with Crippen LogP contribution in [0.25, 0.3) is 11.3 Å². The van der Waals surface area contributed by atoms with Gasteiger partial charge in [0.1, 0.15) is 17.3 Å². The average molecular weight is 388 g/mol. The summed E-state index contributed by atoms with van der Waals surface area (Å²) in [7, 11) is 0. The quantitative estimate of drug-likeness (QED) is 0.638. The van der Waals surface area contributed by atoms with Gasteiger partial charge in [-0.15, -0.1) is 0 Å². The van der Waals surface area contributed by atoms with Crippen molar-refractivity contribution in [3.63, 3.8) is 0 Å². The highest BCUT2D eigenvalue weighted by atomic mass is 35.5. The lowest BCUT2D eigenvalue weighted by molar-refractivity contribution is 0.256. The van der Waals surface area contributed by atoms with Gasteiger partial charge in [-0.1, -0.05) is 29.3 Å². The maximum atomic E-state index is 9.68. The summed E-state index contributed by atoms with van der Waals surface area (Å²) in [5, 5.41) is 10.9. The highest BCUT2D eigenvalue weighted by molar-refractivity contribution is 6.36. The molecule has 0 spiro atoms. The molecule has 0 fully saturated rings. The molecule has 0 saturated heterocycles. The minimum Gasteiger partial charge on any atom is -0.508 e. The third-order valence-electron chi connectivity index (χ3n) is 4.82. The van der Waals surface area contributed by atoms with E-state index < -0.39 is 0 Å². The molecule has 1 aliphatic rings. The molecule has 0 unspecified atom stereocenters. The van der Waals surface area contributed by atoms with Gasteiger partial charge in [0.25, 0.3) is 0 Å². The molecule has 0 saturated carbocycles. The second kappa shape index (κ2) is 7.36. The van der Waals surface area contributed by atoms with Crippen LogP contribution in [0.15, 0.2) is 52.9 Å². The van der Waals surface area contributed by atoms with Crippen molar-refractivity contribution >= 4 is 23.2 Å². The molecule has 0 bridgehead atoms. The number of rotatable bonds is 3. The monoisotopic (exact) mass is 387 g/mol. The molecule has 1 aliphatic heterocycles. The summed E-state index contributed by atoms with van der Waals surface area (Å²) in [6.45, 7) is 2.66. The molecule has 3 nitrogen and oxygen atoms in total. The van der Waals surface area contributed by atoms with E-state index in [1.54, 1.807) is 12.1 Å². The Morgan fingerprint density at radius 1 is 0.923 bits per heavy atom. The Hall–Kier alpha value is -1.94. The number of phenolic OH excluding ortho intramolecular Hbond substituents is 1. The van der Waals surface area contributed by atoms with Gasteiger partial charge in [-0.2, -0.15) is 0 Å². The second-order valence-corrected chi connectivity index (χ2v) is 7.46. The van der Waals surface area contributed by atoms with Crippen LogP contribution in [0.2, 0.25) is 10.0 Å². The Kier molecular flexibility index (Phi) is 4.94. The molecule has 2 heterocycles. The largest absolute Gasteiger partial charge is 0.508 e. The van der Waals surface area contributed by atoms with Crippen molar-refractivity contribution in [1.29, 1.82) is 0 Å². The Balaban J connectivity index is 1.46. The molecule has 0 aliphatic carbocycles. The van der Waals surface area contributed by atoms with Crippen LogP contribution >= 0.6 is 23.2 Å². The van der Waals surface area contributed by atoms with Crippen LogP contribution in [-0.2, 0) is 19.4 Å². The number of halogens is 2. The zero-order valence-corrected chi connectivity index (χ0v) is 15.7. The van der Waals surface area contributed by atoms with Gasteiger partial charge >= 0.3 is 0 Å². The Morgan fingerprint density at radius 2 is 1.73 bits per heavy atom. The van der Waals surface area contributed by atoms with Gasteiger partial charge in [-0.05, 0) is 66.4 Å². The van der Waals surface area contributed by atoms with E-state index in [1.165, 1.54) is 11.1 Å². The van der Waals surface area contributed by atoms with Crippen LogP contribution in [-0.4, -0.2) is 23.1 Å². The van der Waals surface area contributed by atoms with Gasteiger partial charge in [-0.3, -0.25) is 4.90 Å². The fraction of sp³-hybridized carbons (Fsp3) is 0.238. The predicted octanol–water partition coefficient (Wildman–Crippen LogP) is 5.56. The van der Waals surface area contributed by atoms with E-state index in [-0.39, 0.29) is 0 Å². The molecule has 134 valence electrons. The first-order valence-corrected chi connectivity index (χ1v) is 9.41. The van der Waals surface area contributed by atoms with Crippen LogP contribution in [0.3, 0.4) is 0 Å². The molecule has 0 radical (unpaired) electrons. The highest BCUT2D eigenvalue weighted by Gasteiger charge is 2.16. The molecular formula is C21H19Cl2NO2. The molecule has 0 amide bonds. The SMILES string of the molecule is Oc1ccc2c(c1)CCN(Cc1ccc(-c3ccc(Cl)cc3Cl)o1)CC2. The smallest absolute Gasteiger partial charge is 0.135 e. The maximum Gasteiger partial charge on any atom is 0.135 e. The van der Waals surface area contributed by atoms with Crippen LogP contribution < -0.4 is 0 Å². The zero-order valence-electron chi connectivity index (χ0n) is 14.2. The van der Waals surface area contributed by atoms with Gasteiger partial charge in [0, 0.05) is 23.7 Å². The fourth-order valence-corrected chi connectivity index (χ4v) is 3.93. The predicted molar refractivity (Wildman–Crippen MR) is 105 cm³/mol. The van der Waals surface area contributed by atoms with Crippen LogP contribution in [0.4, 0.5) is 0 Å². The van der Waals surface area contributed by atoms with E-state index >= 15 is 0 Å². The second-order valence-electron chi connectivity index (χ2n) is 6.62. The normalized spacial score (nSPS) is 14.8. The third-order valence-corrected chi connectivity index (χ3v) is 5.37. The van der Waals surface area contributed by atoms with Gasteiger partial charge in [0.05, 0.1) is 11.6 Å². The zero-order chi connectivity index (χ0) is 18.1. The highest BCUT2D eigenvalue weighted by Crippen LogP contribution is 2.32. The van der Waals surface area contributed by atoms with E-state index in [0.717, 1.165) is 49.6 Å². The Bertz CT molecular complexity index is 936. The number of hydrogen-bond acceptors (Lipinski definition) is 3. The minimum atomic E-state index is 0.340. The summed E-state index contributed by atoms with van der Waals surface area (Å²) in [6.07, 6.45) is 1.91. The summed E-state index contributed by atoms with van der Waals surface area (Å²) in [4.78, 5) is 2.38. The van der Waals surface area contributed by atoms with Crippen molar-refractivity contribution in [2.45, 2.75) is 19.4 Å². The Morgan fingerprint density at radius 3 is 2.54 bits per heavy atom. The lowest BCUT2D eigenvalue weighted by Gasteiger charge is -2.18. The third kappa shape index (κ3) is 3.75. The number of fused-ring (bicyclic) bond motifs is 1. The lowest BCUT2D eigenvalue weighted by Crippen LogP contribution is -2.25. The molecule has 2 aromatic carbocycles. The molecule has 1 aromatic heterocycles. The number of nitrogens with zero attached hydrogens (tertiary/aromatic N) is 1. The molecule has 1 N–H and O–H groups in total. The van der Waals surface area contributed by atoms with E-state index in [1.807, 2.05) is 36.4 Å². The van der Waals surface area contributed by atoms with Crippen molar-refractivity contribution in [3.8, 4) is 17.1 Å². The fourth-order valence-electron chi connectivity index (χ4n) is 3.43. The minimum absolute atomic E-state index is 0.340. The van der Waals surface area contributed by atoms with E-state index in [9.17, 15) is 5.11 Å². The van der Waals surface area contributed by atoms with Gasteiger partial charge < -0.3 is 9.52 Å². The average Bonchev–Trinajstić information content (AvgIpc) is 2.97. The first-order valence-electron chi connectivity index (χ1n) is 8.66. The summed E-state index contributed by atoms with van der Waals surface area (Å²) in [5.41, 5.74) is 3.40. The molecule has 4 rings (SSSR count). The lowest BCUT2D eigenvalue weighted by atomic mass is 10.0. The summed E-state index contributed by atoms with van der Waals surface area (Å²) in [5.74, 6) is 2.01. The number of phenols is 1. The van der Waals surface area contributed by atoms with Crippen LogP contribution in [0, 0.1) is 0 Å². The van der Waals surface area contributed by atoms with Gasteiger partial charge in [0.15, 0.2) is 0 Å². The van der Waals surface area contributed by atoms with Crippen LogP contribution in [0.5, 0.6) is 5.75 Å². The Labute approximate surface area is 162 Å². The van der Waals surface area contributed by atoms with Crippen molar-refractivity contribution in [3.05, 3.63) is 75.5 Å². The number of aromatic hydroxyl groups is 1. The van der Waals surface area contributed by atoms with Crippen molar-refractivity contribution in [1.82, 2.24) is 4.90 Å². The topological polar surface area (TPSA) is 36.6 Å². The first-order chi connectivity index (χ1) is 12.6. The van der Waals surface area contributed by atoms with Crippen LogP contribution in [0.1, 0.15) is 16.9 Å². The van der Waals surface area contributed by atoms with Gasteiger partial charge in [-0.25, -0.2) is 0 Å². The maximum absolute atomic E-state index is 9.68. The first kappa shape index (κ1) is 17.5. The number of furan rings is 1. The summed E-state index contributed by atoms with van der Waals surface area (Å²) < 4.78 is 6.02. The van der Waals surface area contributed by atoms with Gasteiger partial charge in [0.2, 0.25) is 0 Å². The van der Waals surface area contributed by atoms with E-state index in [2.05, 4.69) is 4.90 Å².